The highest BCUT2D eigenvalue weighted by Crippen LogP contribution is 2.18. The molecule has 8 heteroatoms. The minimum absolute atomic E-state index is 0.0172. The average Bonchev–Trinajstić information content (AvgIpc) is 2.72. The van der Waals surface area contributed by atoms with Crippen LogP contribution in [0.15, 0.2) is 29.3 Å². The SMILES string of the molecule is CCOC(=O)N1CCC(NC(N)=NCC(=O)N2CCc3ccccc3C2)CC1. The van der Waals surface area contributed by atoms with Gasteiger partial charge in [-0.05, 0) is 37.3 Å². The van der Waals surface area contributed by atoms with Crippen LogP contribution in [0, 0.1) is 0 Å². The van der Waals surface area contributed by atoms with E-state index in [1.54, 1.807) is 11.8 Å². The van der Waals surface area contributed by atoms with Crippen LogP contribution in [0.2, 0.25) is 0 Å². The molecule has 0 aliphatic carbocycles. The molecule has 2 heterocycles. The quantitative estimate of drug-likeness (QED) is 0.595. The highest BCUT2D eigenvalue weighted by Gasteiger charge is 2.24. The molecule has 2 amide bonds. The van der Waals surface area contributed by atoms with Gasteiger partial charge in [-0.3, -0.25) is 4.79 Å². The number of benzene rings is 1. The summed E-state index contributed by atoms with van der Waals surface area (Å²) in [5, 5.41) is 3.16. The lowest BCUT2D eigenvalue weighted by Gasteiger charge is -2.31. The topological polar surface area (TPSA) is 100 Å². The number of hydrogen-bond acceptors (Lipinski definition) is 4. The monoisotopic (exact) mass is 387 g/mol. The van der Waals surface area contributed by atoms with E-state index in [0.29, 0.717) is 32.8 Å². The molecule has 0 atom stereocenters. The standard InChI is InChI=1S/C20H29N5O3/c1-2-28-20(27)24-11-8-17(9-12-24)23-19(21)22-13-18(26)25-10-7-15-5-3-4-6-16(15)14-25/h3-6,17H,2,7-14H2,1H3,(H3,21,22,23). The van der Waals surface area contributed by atoms with Gasteiger partial charge in [-0.25, -0.2) is 9.79 Å². The van der Waals surface area contributed by atoms with Gasteiger partial charge in [-0.15, -0.1) is 0 Å². The van der Waals surface area contributed by atoms with E-state index in [1.807, 2.05) is 17.0 Å². The first-order valence-electron chi connectivity index (χ1n) is 9.89. The Hall–Kier alpha value is -2.77. The summed E-state index contributed by atoms with van der Waals surface area (Å²) < 4.78 is 5.02. The van der Waals surface area contributed by atoms with Crippen LogP contribution in [0.3, 0.4) is 0 Å². The molecule has 8 nitrogen and oxygen atoms in total. The predicted molar refractivity (Wildman–Crippen MR) is 107 cm³/mol. The number of fused-ring (bicyclic) bond motifs is 1. The van der Waals surface area contributed by atoms with E-state index in [9.17, 15) is 9.59 Å². The molecule has 0 unspecified atom stereocenters. The van der Waals surface area contributed by atoms with Crippen molar-refractivity contribution in [1.29, 1.82) is 0 Å². The van der Waals surface area contributed by atoms with Crippen LogP contribution in [0.1, 0.15) is 30.9 Å². The van der Waals surface area contributed by atoms with E-state index >= 15 is 0 Å². The number of piperidine rings is 1. The molecule has 0 radical (unpaired) electrons. The summed E-state index contributed by atoms with van der Waals surface area (Å²) in [7, 11) is 0. The van der Waals surface area contributed by atoms with Gasteiger partial charge in [-0.1, -0.05) is 24.3 Å². The van der Waals surface area contributed by atoms with Gasteiger partial charge in [0.25, 0.3) is 0 Å². The van der Waals surface area contributed by atoms with Gasteiger partial charge in [0.05, 0.1) is 6.61 Å². The van der Waals surface area contributed by atoms with Gasteiger partial charge in [-0.2, -0.15) is 0 Å². The van der Waals surface area contributed by atoms with Gasteiger partial charge in [0.2, 0.25) is 5.91 Å². The highest BCUT2D eigenvalue weighted by atomic mass is 16.6. The number of likely N-dealkylation sites (tertiary alicyclic amines) is 1. The van der Waals surface area contributed by atoms with Gasteiger partial charge in [0.1, 0.15) is 6.54 Å². The molecule has 1 fully saturated rings. The fourth-order valence-corrected chi connectivity index (χ4v) is 3.64. The summed E-state index contributed by atoms with van der Waals surface area (Å²) in [5.41, 5.74) is 8.47. The maximum Gasteiger partial charge on any atom is 0.409 e. The number of carbonyl (C=O) groups excluding carboxylic acids is 2. The Morgan fingerprint density at radius 2 is 1.89 bits per heavy atom. The molecule has 0 aromatic heterocycles. The van der Waals surface area contributed by atoms with Crippen molar-refractivity contribution in [1.82, 2.24) is 15.1 Å². The number of nitrogens with one attached hydrogen (secondary N) is 1. The van der Waals surface area contributed by atoms with Crippen LogP contribution in [-0.2, 0) is 22.5 Å². The van der Waals surface area contributed by atoms with Crippen molar-refractivity contribution in [2.45, 2.75) is 38.8 Å². The van der Waals surface area contributed by atoms with Crippen molar-refractivity contribution in [2.24, 2.45) is 10.7 Å². The minimum atomic E-state index is -0.267. The molecule has 3 rings (SSSR count). The number of carbonyl (C=O) groups is 2. The first-order valence-corrected chi connectivity index (χ1v) is 9.89. The lowest BCUT2D eigenvalue weighted by atomic mass is 10.00. The highest BCUT2D eigenvalue weighted by molar-refractivity contribution is 5.84. The van der Waals surface area contributed by atoms with Crippen LogP contribution < -0.4 is 11.1 Å². The molecule has 1 aromatic carbocycles. The van der Waals surface area contributed by atoms with E-state index < -0.39 is 0 Å². The molecule has 1 aromatic rings. The molecule has 1 saturated heterocycles. The first-order chi connectivity index (χ1) is 13.6. The number of nitrogens with two attached hydrogens (primary N) is 1. The zero-order chi connectivity index (χ0) is 19.9. The van der Waals surface area contributed by atoms with Crippen LogP contribution >= 0.6 is 0 Å². The first kappa shape index (κ1) is 20.0. The molecular weight excluding hydrogens is 358 g/mol. The normalized spacial score (nSPS) is 17.8. The van der Waals surface area contributed by atoms with Crippen LogP contribution in [0.5, 0.6) is 0 Å². The summed E-state index contributed by atoms with van der Waals surface area (Å²) in [4.78, 5) is 31.9. The van der Waals surface area contributed by atoms with Crippen molar-refractivity contribution in [3.8, 4) is 0 Å². The lowest BCUT2D eigenvalue weighted by molar-refractivity contribution is -0.130. The Bertz CT molecular complexity index is 728. The van der Waals surface area contributed by atoms with Crippen LogP contribution in [0.4, 0.5) is 4.79 Å². The van der Waals surface area contributed by atoms with Crippen molar-refractivity contribution in [3.05, 3.63) is 35.4 Å². The fourth-order valence-electron chi connectivity index (χ4n) is 3.64. The number of hydrogen-bond donors (Lipinski definition) is 2. The average molecular weight is 387 g/mol. The Balaban J connectivity index is 1.42. The van der Waals surface area contributed by atoms with Gasteiger partial charge >= 0.3 is 6.09 Å². The number of ether oxygens (including phenoxy) is 1. The smallest absolute Gasteiger partial charge is 0.409 e. The number of guanidine groups is 1. The Morgan fingerprint density at radius 3 is 2.61 bits per heavy atom. The Kier molecular flexibility index (Phi) is 6.73. The molecule has 152 valence electrons. The lowest BCUT2D eigenvalue weighted by Crippen LogP contribution is -2.48. The minimum Gasteiger partial charge on any atom is -0.450 e. The van der Waals surface area contributed by atoms with E-state index in [1.165, 1.54) is 11.1 Å². The van der Waals surface area contributed by atoms with E-state index in [-0.39, 0.29) is 30.5 Å². The maximum absolute atomic E-state index is 12.5. The summed E-state index contributed by atoms with van der Waals surface area (Å²) in [5.74, 6) is 0.261. The number of nitrogens with zero attached hydrogens (tertiary/aromatic N) is 3. The third-order valence-corrected chi connectivity index (χ3v) is 5.24. The second-order valence-electron chi connectivity index (χ2n) is 7.14. The van der Waals surface area contributed by atoms with Crippen LogP contribution in [-0.4, -0.2) is 66.6 Å². The van der Waals surface area contributed by atoms with E-state index in [2.05, 4.69) is 22.4 Å². The number of amides is 2. The molecule has 0 saturated carbocycles. The molecular formula is C20H29N5O3. The third-order valence-electron chi connectivity index (χ3n) is 5.24. The number of rotatable bonds is 4. The molecule has 0 spiro atoms. The fraction of sp³-hybridized carbons (Fsp3) is 0.550. The van der Waals surface area contributed by atoms with Crippen LogP contribution in [0.25, 0.3) is 0 Å². The van der Waals surface area contributed by atoms with Crippen molar-refractivity contribution in [2.75, 3.05) is 32.8 Å². The largest absolute Gasteiger partial charge is 0.450 e. The molecule has 28 heavy (non-hydrogen) atoms. The van der Waals surface area contributed by atoms with Gasteiger partial charge < -0.3 is 25.6 Å². The summed E-state index contributed by atoms with van der Waals surface area (Å²) in [6, 6.07) is 8.36. The van der Waals surface area contributed by atoms with E-state index in [4.69, 9.17) is 10.5 Å². The van der Waals surface area contributed by atoms with Crippen molar-refractivity contribution >= 4 is 18.0 Å². The zero-order valence-corrected chi connectivity index (χ0v) is 16.4. The Morgan fingerprint density at radius 1 is 1.18 bits per heavy atom. The summed E-state index contributed by atoms with van der Waals surface area (Å²) >= 11 is 0. The van der Waals surface area contributed by atoms with Gasteiger partial charge in [0, 0.05) is 32.2 Å². The summed E-state index contributed by atoms with van der Waals surface area (Å²) in [6.45, 7) is 4.81. The molecule has 2 aliphatic rings. The second-order valence-corrected chi connectivity index (χ2v) is 7.14. The molecule has 0 bridgehead atoms. The molecule has 3 N–H and O–H groups in total. The summed E-state index contributed by atoms with van der Waals surface area (Å²) in [6.07, 6.45) is 2.15. The third kappa shape index (κ3) is 5.15. The zero-order valence-electron chi connectivity index (χ0n) is 16.4. The Labute approximate surface area is 165 Å². The maximum atomic E-state index is 12.5. The number of aliphatic imine (C=N–C) groups is 1. The van der Waals surface area contributed by atoms with Crippen molar-refractivity contribution in [3.63, 3.8) is 0 Å². The second kappa shape index (κ2) is 9.43. The van der Waals surface area contributed by atoms with E-state index in [0.717, 1.165) is 19.3 Å². The molecule has 2 aliphatic heterocycles. The predicted octanol–water partition coefficient (Wildman–Crippen LogP) is 1.10. The van der Waals surface area contributed by atoms with Gasteiger partial charge in [0.15, 0.2) is 5.96 Å². The van der Waals surface area contributed by atoms with Crippen molar-refractivity contribution < 1.29 is 14.3 Å².